The zero-order valence-electron chi connectivity index (χ0n) is 16.8. The monoisotopic (exact) mass is 396 g/mol. The van der Waals surface area contributed by atoms with Gasteiger partial charge in [0.2, 0.25) is 11.8 Å². The molecular formula is C23H28N2O2S. The largest absolute Gasteiger partial charge is 0.326 e. The summed E-state index contributed by atoms with van der Waals surface area (Å²) in [7, 11) is 0. The lowest BCUT2D eigenvalue weighted by molar-refractivity contribution is -0.116. The van der Waals surface area contributed by atoms with Crippen LogP contribution in [-0.4, -0.2) is 17.6 Å². The van der Waals surface area contributed by atoms with Crippen LogP contribution in [0.15, 0.2) is 48.5 Å². The van der Waals surface area contributed by atoms with Crippen molar-refractivity contribution in [1.82, 2.24) is 0 Å². The van der Waals surface area contributed by atoms with Crippen molar-refractivity contribution in [2.24, 2.45) is 0 Å². The Labute approximate surface area is 171 Å². The van der Waals surface area contributed by atoms with Crippen molar-refractivity contribution >= 4 is 35.0 Å². The molecule has 0 saturated carbocycles. The van der Waals surface area contributed by atoms with Gasteiger partial charge in [0.15, 0.2) is 0 Å². The average Bonchev–Trinajstić information content (AvgIpc) is 3.07. The third kappa shape index (κ3) is 4.41. The van der Waals surface area contributed by atoms with Gasteiger partial charge in [-0.3, -0.25) is 14.5 Å². The molecule has 1 aliphatic rings. The molecule has 3 rings (SSSR count). The highest BCUT2D eigenvalue weighted by Crippen LogP contribution is 2.46. The van der Waals surface area contributed by atoms with Crippen molar-refractivity contribution < 1.29 is 9.59 Å². The molecule has 1 saturated heterocycles. The number of carbonyl (C=O) groups is 2. The minimum absolute atomic E-state index is 0.0257. The molecule has 2 aromatic rings. The molecule has 0 radical (unpaired) electrons. The number of nitrogens with zero attached hydrogens (tertiary/aromatic N) is 1. The normalized spacial score (nSPS) is 16.6. The molecule has 2 amide bonds. The van der Waals surface area contributed by atoms with Gasteiger partial charge in [0.05, 0.1) is 5.75 Å². The van der Waals surface area contributed by atoms with E-state index in [1.54, 1.807) is 11.8 Å². The summed E-state index contributed by atoms with van der Waals surface area (Å²) in [5.74, 6) is 0.891. The van der Waals surface area contributed by atoms with Gasteiger partial charge in [-0.15, -0.1) is 11.8 Å². The Hall–Kier alpha value is -2.27. The molecule has 28 heavy (non-hydrogen) atoms. The Bertz CT molecular complexity index is 850. The van der Waals surface area contributed by atoms with Gasteiger partial charge in [0.25, 0.3) is 0 Å². The first-order valence-electron chi connectivity index (χ1n) is 9.94. The van der Waals surface area contributed by atoms with E-state index in [1.807, 2.05) is 47.4 Å². The number of anilines is 2. The van der Waals surface area contributed by atoms with Gasteiger partial charge >= 0.3 is 0 Å². The van der Waals surface area contributed by atoms with Crippen molar-refractivity contribution in [3.05, 3.63) is 59.7 Å². The van der Waals surface area contributed by atoms with Gasteiger partial charge in [-0.05, 0) is 30.0 Å². The Kier molecular flexibility index (Phi) is 6.79. The van der Waals surface area contributed by atoms with E-state index in [2.05, 4.69) is 32.2 Å². The van der Waals surface area contributed by atoms with Gasteiger partial charge in [0, 0.05) is 23.4 Å². The second kappa shape index (κ2) is 9.28. The molecule has 5 heteroatoms. The van der Waals surface area contributed by atoms with Crippen LogP contribution in [0, 0.1) is 0 Å². The minimum Gasteiger partial charge on any atom is -0.326 e. The summed E-state index contributed by atoms with van der Waals surface area (Å²) in [4.78, 5) is 27.0. The lowest BCUT2D eigenvalue weighted by Crippen LogP contribution is -2.29. The first kappa shape index (κ1) is 20.5. The van der Waals surface area contributed by atoms with Gasteiger partial charge in [-0.25, -0.2) is 0 Å². The van der Waals surface area contributed by atoms with Crippen LogP contribution in [0.25, 0.3) is 0 Å². The third-order valence-corrected chi connectivity index (χ3v) is 6.14. The van der Waals surface area contributed by atoms with Crippen LogP contribution in [0.3, 0.4) is 0 Å². The highest BCUT2D eigenvalue weighted by Gasteiger charge is 2.36. The third-order valence-electron chi connectivity index (χ3n) is 4.94. The maximum atomic E-state index is 12.8. The Balaban J connectivity index is 1.95. The van der Waals surface area contributed by atoms with E-state index in [1.165, 1.54) is 0 Å². The molecule has 1 aliphatic heterocycles. The van der Waals surface area contributed by atoms with Crippen LogP contribution in [0.1, 0.15) is 62.5 Å². The van der Waals surface area contributed by atoms with Crippen molar-refractivity contribution in [2.45, 2.75) is 51.3 Å². The second-order valence-corrected chi connectivity index (χ2v) is 8.45. The number of thioether (sulfide) groups is 1. The number of hydrogen-bond donors (Lipinski definition) is 1. The van der Waals surface area contributed by atoms with Crippen LogP contribution in [0.5, 0.6) is 0 Å². The number of benzene rings is 2. The van der Waals surface area contributed by atoms with Crippen LogP contribution in [-0.2, 0) is 9.59 Å². The summed E-state index contributed by atoms with van der Waals surface area (Å²) in [6, 6.07) is 15.9. The van der Waals surface area contributed by atoms with Crippen LogP contribution < -0.4 is 10.2 Å². The van der Waals surface area contributed by atoms with E-state index < -0.39 is 0 Å². The van der Waals surface area contributed by atoms with E-state index in [0.717, 1.165) is 35.3 Å². The van der Waals surface area contributed by atoms with Crippen molar-refractivity contribution in [3.8, 4) is 0 Å². The molecule has 1 fully saturated rings. The number of amides is 2. The van der Waals surface area contributed by atoms with E-state index in [4.69, 9.17) is 0 Å². The van der Waals surface area contributed by atoms with Crippen molar-refractivity contribution in [2.75, 3.05) is 16.0 Å². The fraction of sp³-hybridized carbons (Fsp3) is 0.391. The summed E-state index contributed by atoms with van der Waals surface area (Å²) >= 11 is 1.61. The molecule has 4 nitrogen and oxygen atoms in total. The van der Waals surface area contributed by atoms with Crippen LogP contribution >= 0.6 is 11.8 Å². The smallest absolute Gasteiger partial charge is 0.238 e. The van der Waals surface area contributed by atoms with Crippen LogP contribution in [0.4, 0.5) is 11.4 Å². The quantitative estimate of drug-likeness (QED) is 0.651. The molecule has 1 N–H and O–H groups in total. The lowest BCUT2D eigenvalue weighted by Gasteiger charge is -2.29. The van der Waals surface area contributed by atoms with Crippen molar-refractivity contribution in [3.63, 3.8) is 0 Å². The Morgan fingerprint density at radius 3 is 2.64 bits per heavy atom. The maximum absolute atomic E-state index is 12.8. The molecule has 1 atom stereocenters. The number of nitrogens with one attached hydrogen (secondary N) is 1. The zero-order chi connectivity index (χ0) is 20.1. The summed E-state index contributed by atoms with van der Waals surface area (Å²) in [6.45, 7) is 6.36. The summed E-state index contributed by atoms with van der Waals surface area (Å²) in [5, 5.41) is 2.91. The van der Waals surface area contributed by atoms with E-state index >= 15 is 0 Å². The lowest BCUT2D eigenvalue weighted by atomic mass is 10.00. The maximum Gasteiger partial charge on any atom is 0.238 e. The van der Waals surface area contributed by atoms with E-state index in [-0.39, 0.29) is 17.2 Å². The highest BCUT2D eigenvalue weighted by molar-refractivity contribution is 8.00. The van der Waals surface area contributed by atoms with Crippen LogP contribution in [0.2, 0.25) is 0 Å². The fourth-order valence-corrected chi connectivity index (χ4v) is 4.69. The van der Waals surface area contributed by atoms with Gasteiger partial charge in [-0.1, -0.05) is 63.6 Å². The Morgan fingerprint density at radius 2 is 1.89 bits per heavy atom. The molecule has 148 valence electrons. The summed E-state index contributed by atoms with van der Waals surface area (Å²) < 4.78 is 0. The van der Waals surface area contributed by atoms with Gasteiger partial charge < -0.3 is 5.32 Å². The number of rotatable bonds is 7. The minimum atomic E-state index is -0.143. The molecule has 1 heterocycles. The first-order chi connectivity index (χ1) is 13.5. The predicted octanol–water partition coefficient (Wildman–Crippen LogP) is 5.72. The van der Waals surface area contributed by atoms with Gasteiger partial charge in [0.1, 0.15) is 5.37 Å². The standard InChI is InChI=1S/C23H28N2O2S/c1-4-5-14-21(26)24-19-12-8-6-11-18(19)23-25(22(27)15-28-23)20-13-9-7-10-17(20)16(2)3/h6-13,16,23H,4-5,14-15H2,1-3H3,(H,24,26)/t23-/m1/s1. The summed E-state index contributed by atoms with van der Waals surface area (Å²) in [5.41, 5.74) is 3.89. The average molecular weight is 397 g/mol. The number of unbranched alkanes of at least 4 members (excludes halogenated alkanes) is 1. The first-order valence-corrected chi connectivity index (χ1v) is 11.0. The molecule has 0 aromatic heterocycles. The molecule has 2 aromatic carbocycles. The zero-order valence-corrected chi connectivity index (χ0v) is 17.6. The fourth-order valence-electron chi connectivity index (χ4n) is 3.49. The molecule has 0 spiro atoms. The highest BCUT2D eigenvalue weighted by atomic mass is 32.2. The number of carbonyl (C=O) groups excluding carboxylic acids is 2. The van der Waals surface area contributed by atoms with Crippen molar-refractivity contribution in [1.29, 1.82) is 0 Å². The molecule has 0 aliphatic carbocycles. The second-order valence-electron chi connectivity index (χ2n) is 7.38. The Morgan fingerprint density at radius 1 is 1.18 bits per heavy atom. The molecular weight excluding hydrogens is 368 g/mol. The van der Waals surface area contributed by atoms with E-state index in [0.29, 0.717) is 18.1 Å². The summed E-state index contributed by atoms with van der Waals surface area (Å²) in [6.07, 6.45) is 2.38. The molecule has 0 unspecified atom stereocenters. The number of hydrogen-bond acceptors (Lipinski definition) is 3. The van der Waals surface area contributed by atoms with E-state index in [9.17, 15) is 9.59 Å². The predicted molar refractivity (Wildman–Crippen MR) is 118 cm³/mol. The molecule has 0 bridgehead atoms. The SMILES string of the molecule is CCCCC(=O)Nc1ccccc1[C@H]1SCC(=O)N1c1ccccc1C(C)C. The van der Waals surface area contributed by atoms with Gasteiger partial charge in [-0.2, -0.15) is 0 Å². The topological polar surface area (TPSA) is 49.4 Å². The number of para-hydroxylation sites is 2.